The number of ether oxygens (including phenoxy) is 1. The summed E-state index contributed by atoms with van der Waals surface area (Å²) in [5.41, 5.74) is 0. The minimum Gasteiger partial charge on any atom is -0.489 e. The SMILES string of the molecule is Fc1ccccc1OCCN(Cc1ccco1)Cc1ccco1. The minimum atomic E-state index is -0.351. The molecule has 1 aromatic carbocycles. The molecular formula is C18H18FNO3. The van der Waals surface area contributed by atoms with Gasteiger partial charge in [0.05, 0.1) is 25.6 Å². The Kier molecular flexibility index (Phi) is 5.11. The monoisotopic (exact) mass is 315 g/mol. The third-order valence-corrected chi connectivity index (χ3v) is 3.42. The zero-order valence-corrected chi connectivity index (χ0v) is 12.7. The third-order valence-electron chi connectivity index (χ3n) is 3.42. The van der Waals surface area contributed by atoms with Crippen molar-refractivity contribution in [2.75, 3.05) is 13.2 Å². The summed E-state index contributed by atoms with van der Waals surface area (Å²) in [6, 6.07) is 14.0. The molecule has 0 aliphatic carbocycles. The molecule has 0 N–H and O–H groups in total. The fraction of sp³-hybridized carbons (Fsp3) is 0.222. The lowest BCUT2D eigenvalue weighted by atomic mass is 10.3. The van der Waals surface area contributed by atoms with Crippen LogP contribution in [0, 0.1) is 5.82 Å². The summed E-state index contributed by atoms with van der Waals surface area (Å²) in [5.74, 6) is 1.64. The molecule has 5 heteroatoms. The van der Waals surface area contributed by atoms with Crippen LogP contribution in [0.1, 0.15) is 11.5 Å². The van der Waals surface area contributed by atoms with Crippen LogP contribution in [0.4, 0.5) is 4.39 Å². The highest BCUT2D eigenvalue weighted by Gasteiger charge is 2.11. The van der Waals surface area contributed by atoms with E-state index in [1.807, 2.05) is 24.3 Å². The van der Waals surface area contributed by atoms with Crippen molar-refractivity contribution in [3.05, 3.63) is 78.4 Å². The molecule has 0 radical (unpaired) electrons. The van der Waals surface area contributed by atoms with E-state index in [0.29, 0.717) is 26.2 Å². The Hall–Kier alpha value is -2.53. The highest BCUT2D eigenvalue weighted by Crippen LogP contribution is 2.16. The van der Waals surface area contributed by atoms with Crippen LogP contribution in [0.3, 0.4) is 0 Å². The zero-order valence-electron chi connectivity index (χ0n) is 12.7. The molecule has 2 heterocycles. The number of nitrogens with zero attached hydrogens (tertiary/aromatic N) is 1. The molecule has 0 saturated heterocycles. The van der Waals surface area contributed by atoms with Crippen molar-refractivity contribution in [3.63, 3.8) is 0 Å². The van der Waals surface area contributed by atoms with E-state index >= 15 is 0 Å². The summed E-state index contributed by atoms with van der Waals surface area (Å²) < 4.78 is 29.9. The summed E-state index contributed by atoms with van der Waals surface area (Å²) in [6.45, 7) is 2.26. The van der Waals surface area contributed by atoms with E-state index in [0.717, 1.165) is 11.5 Å². The molecular weight excluding hydrogens is 297 g/mol. The fourth-order valence-corrected chi connectivity index (χ4v) is 2.31. The average molecular weight is 315 g/mol. The van der Waals surface area contributed by atoms with Gasteiger partial charge >= 0.3 is 0 Å². The van der Waals surface area contributed by atoms with Gasteiger partial charge in [0.1, 0.15) is 18.1 Å². The smallest absolute Gasteiger partial charge is 0.165 e. The summed E-state index contributed by atoms with van der Waals surface area (Å²) >= 11 is 0. The van der Waals surface area contributed by atoms with Crippen molar-refractivity contribution in [2.24, 2.45) is 0 Å². The van der Waals surface area contributed by atoms with Crippen LogP contribution >= 0.6 is 0 Å². The molecule has 0 unspecified atom stereocenters. The van der Waals surface area contributed by atoms with E-state index in [1.165, 1.54) is 6.07 Å². The lowest BCUT2D eigenvalue weighted by Gasteiger charge is -2.20. The fourth-order valence-electron chi connectivity index (χ4n) is 2.31. The molecule has 0 bridgehead atoms. The first-order valence-electron chi connectivity index (χ1n) is 7.46. The number of para-hydroxylation sites is 1. The predicted molar refractivity (Wildman–Crippen MR) is 83.4 cm³/mol. The van der Waals surface area contributed by atoms with Gasteiger partial charge in [0, 0.05) is 6.54 Å². The first kappa shape index (κ1) is 15.4. The normalized spacial score (nSPS) is 11.0. The van der Waals surface area contributed by atoms with Crippen LogP contribution in [0.5, 0.6) is 5.75 Å². The van der Waals surface area contributed by atoms with Gasteiger partial charge in [-0.25, -0.2) is 4.39 Å². The topological polar surface area (TPSA) is 38.8 Å². The Morgan fingerprint density at radius 1 is 0.870 bits per heavy atom. The van der Waals surface area contributed by atoms with Gasteiger partial charge in [-0.3, -0.25) is 4.90 Å². The quantitative estimate of drug-likeness (QED) is 0.627. The standard InChI is InChI=1S/C18H18FNO3/c19-17-7-1-2-8-18(17)23-12-9-20(13-15-5-3-10-21-15)14-16-6-4-11-22-16/h1-8,10-11H,9,12-14H2. The Morgan fingerprint density at radius 2 is 1.52 bits per heavy atom. The number of furan rings is 2. The van der Waals surface area contributed by atoms with Crippen LogP contribution in [0.25, 0.3) is 0 Å². The van der Waals surface area contributed by atoms with Crippen molar-refractivity contribution < 1.29 is 18.0 Å². The van der Waals surface area contributed by atoms with E-state index in [4.69, 9.17) is 13.6 Å². The van der Waals surface area contributed by atoms with Crippen LogP contribution in [0.2, 0.25) is 0 Å². The molecule has 4 nitrogen and oxygen atoms in total. The summed E-state index contributed by atoms with van der Waals surface area (Å²) in [6.07, 6.45) is 3.30. The Bertz CT molecular complexity index is 659. The number of halogens is 1. The van der Waals surface area contributed by atoms with Crippen molar-refractivity contribution in [1.82, 2.24) is 4.90 Å². The first-order chi connectivity index (χ1) is 11.3. The Morgan fingerprint density at radius 3 is 2.09 bits per heavy atom. The van der Waals surface area contributed by atoms with E-state index < -0.39 is 0 Å². The average Bonchev–Trinajstić information content (AvgIpc) is 3.23. The van der Waals surface area contributed by atoms with E-state index in [9.17, 15) is 4.39 Å². The molecule has 3 rings (SSSR count). The van der Waals surface area contributed by atoms with Crippen molar-refractivity contribution >= 4 is 0 Å². The summed E-state index contributed by atoms with van der Waals surface area (Å²) in [7, 11) is 0. The number of hydrogen-bond donors (Lipinski definition) is 0. The van der Waals surface area contributed by atoms with E-state index in [1.54, 1.807) is 30.7 Å². The largest absolute Gasteiger partial charge is 0.489 e. The Labute approximate surface area is 134 Å². The lowest BCUT2D eigenvalue weighted by molar-refractivity contribution is 0.172. The molecule has 0 aliphatic rings. The van der Waals surface area contributed by atoms with E-state index in [-0.39, 0.29) is 11.6 Å². The van der Waals surface area contributed by atoms with Gasteiger partial charge < -0.3 is 13.6 Å². The minimum absolute atomic E-state index is 0.267. The van der Waals surface area contributed by atoms with Crippen LogP contribution in [-0.2, 0) is 13.1 Å². The molecule has 3 aromatic rings. The summed E-state index contributed by atoms with van der Waals surface area (Å²) in [5, 5.41) is 0. The molecule has 0 aliphatic heterocycles. The predicted octanol–water partition coefficient (Wildman–Crippen LogP) is 4.09. The van der Waals surface area contributed by atoms with Crippen LogP contribution in [-0.4, -0.2) is 18.1 Å². The van der Waals surface area contributed by atoms with Gasteiger partial charge in [-0.15, -0.1) is 0 Å². The molecule has 23 heavy (non-hydrogen) atoms. The number of rotatable bonds is 8. The van der Waals surface area contributed by atoms with Gasteiger partial charge in [0.15, 0.2) is 11.6 Å². The first-order valence-corrected chi connectivity index (χ1v) is 7.46. The zero-order chi connectivity index (χ0) is 15.9. The molecule has 0 saturated carbocycles. The molecule has 0 atom stereocenters. The highest BCUT2D eigenvalue weighted by atomic mass is 19.1. The second-order valence-corrected chi connectivity index (χ2v) is 5.15. The van der Waals surface area contributed by atoms with Crippen LogP contribution < -0.4 is 4.74 Å². The summed E-state index contributed by atoms with van der Waals surface area (Å²) in [4.78, 5) is 2.12. The van der Waals surface area contributed by atoms with Crippen molar-refractivity contribution in [2.45, 2.75) is 13.1 Å². The molecule has 0 spiro atoms. The third kappa shape index (κ3) is 4.47. The maximum Gasteiger partial charge on any atom is 0.165 e. The molecule has 2 aromatic heterocycles. The maximum absolute atomic E-state index is 13.6. The lowest BCUT2D eigenvalue weighted by Crippen LogP contribution is -2.27. The van der Waals surface area contributed by atoms with Crippen molar-refractivity contribution in [1.29, 1.82) is 0 Å². The molecule has 0 amide bonds. The van der Waals surface area contributed by atoms with Gasteiger partial charge in [-0.05, 0) is 36.4 Å². The number of benzene rings is 1. The Balaban J connectivity index is 1.58. The van der Waals surface area contributed by atoms with Gasteiger partial charge in [-0.1, -0.05) is 12.1 Å². The maximum atomic E-state index is 13.6. The van der Waals surface area contributed by atoms with Crippen molar-refractivity contribution in [3.8, 4) is 5.75 Å². The van der Waals surface area contributed by atoms with Gasteiger partial charge in [0.2, 0.25) is 0 Å². The molecule has 0 fully saturated rings. The van der Waals surface area contributed by atoms with Gasteiger partial charge in [-0.2, -0.15) is 0 Å². The van der Waals surface area contributed by atoms with Crippen LogP contribution in [0.15, 0.2) is 69.9 Å². The van der Waals surface area contributed by atoms with Gasteiger partial charge in [0.25, 0.3) is 0 Å². The highest BCUT2D eigenvalue weighted by molar-refractivity contribution is 5.23. The van der Waals surface area contributed by atoms with E-state index in [2.05, 4.69) is 4.90 Å². The number of hydrogen-bond acceptors (Lipinski definition) is 4. The second-order valence-electron chi connectivity index (χ2n) is 5.15. The second kappa shape index (κ2) is 7.65. The molecule has 120 valence electrons.